The van der Waals surface area contributed by atoms with Crippen molar-refractivity contribution in [2.75, 3.05) is 20.7 Å². The van der Waals surface area contributed by atoms with Gasteiger partial charge in [0.05, 0.1) is 6.10 Å². The molecule has 0 aromatic rings. The summed E-state index contributed by atoms with van der Waals surface area (Å²) in [5.74, 6) is 0. The molecule has 0 radical (unpaired) electrons. The third-order valence-electron chi connectivity index (χ3n) is 2.05. The lowest BCUT2D eigenvalue weighted by atomic mass is 10.1. The van der Waals surface area contributed by atoms with Crippen LogP contribution in [0.2, 0.25) is 0 Å². The fourth-order valence-corrected chi connectivity index (χ4v) is 1.49. The molecule has 0 aliphatic heterocycles. The fraction of sp³-hybridized carbons (Fsp3) is 1.00. The van der Waals surface area contributed by atoms with E-state index >= 15 is 0 Å². The van der Waals surface area contributed by atoms with Gasteiger partial charge in [-0.3, -0.25) is 0 Å². The first-order valence-electron chi connectivity index (χ1n) is 4.41. The van der Waals surface area contributed by atoms with Crippen molar-refractivity contribution in [1.82, 2.24) is 4.90 Å². The van der Waals surface area contributed by atoms with E-state index in [1.54, 1.807) is 0 Å². The fourth-order valence-electron chi connectivity index (χ4n) is 1.49. The van der Waals surface area contributed by atoms with Gasteiger partial charge in [0.1, 0.15) is 0 Å². The van der Waals surface area contributed by atoms with Crippen LogP contribution in [-0.4, -0.2) is 37.7 Å². The molecule has 2 atom stereocenters. The maximum Gasteiger partial charge on any atom is 0.0701 e. The normalized spacial score (nSPS) is 16.9. The largest absolute Gasteiger partial charge is 0.377 e. The Morgan fingerprint density at radius 3 is 2.09 bits per heavy atom. The van der Waals surface area contributed by atoms with Gasteiger partial charge in [-0.2, -0.15) is 0 Å². The summed E-state index contributed by atoms with van der Waals surface area (Å²) in [6, 6.07) is 0.551. The highest BCUT2D eigenvalue weighted by atomic mass is 16.5. The molecule has 2 nitrogen and oxygen atoms in total. The number of hydrogen-bond acceptors (Lipinski definition) is 2. The van der Waals surface area contributed by atoms with Crippen molar-refractivity contribution in [2.24, 2.45) is 0 Å². The van der Waals surface area contributed by atoms with E-state index in [0.29, 0.717) is 12.1 Å². The second kappa shape index (κ2) is 5.56. The Balaban J connectivity index is 3.81. The lowest BCUT2D eigenvalue weighted by molar-refractivity contribution is 0.0160. The first-order valence-corrected chi connectivity index (χ1v) is 4.41. The zero-order valence-electron chi connectivity index (χ0n) is 8.42. The van der Waals surface area contributed by atoms with Gasteiger partial charge < -0.3 is 9.64 Å². The van der Waals surface area contributed by atoms with Crippen molar-refractivity contribution < 1.29 is 4.74 Å². The smallest absolute Gasteiger partial charge is 0.0701 e. The number of rotatable bonds is 5. The van der Waals surface area contributed by atoms with Gasteiger partial charge in [-0.05, 0) is 34.4 Å². The minimum Gasteiger partial charge on any atom is -0.377 e. The van der Waals surface area contributed by atoms with Gasteiger partial charge in [-0.15, -0.1) is 0 Å². The van der Waals surface area contributed by atoms with Crippen LogP contribution in [0.4, 0.5) is 0 Å². The van der Waals surface area contributed by atoms with E-state index in [9.17, 15) is 0 Å². The molecular formula is C9H21NO. The van der Waals surface area contributed by atoms with E-state index in [1.807, 2.05) is 6.92 Å². The van der Waals surface area contributed by atoms with Crippen molar-refractivity contribution in [3.8, 4) is 0 Å². The van der Waals surface area contributed by atoms with Crippen molar-refractivity contribution in [2.45, 2.75) is 39.3 Å². The first-order chi connectivity index (χ1) is 5.13. The van der Waals surface area contributed by atoms with E-state index < -0.39 is 0 Å². The van der Waals surface area contributed by atoms with E-state index in [4.69, 9.17) is 4.74 Å². The zero-order valence-corrected chi connectivity index (χ0v) is 8.42. The monoisotopic (exact) mass is 159 g/mol. The lowest BCUT2D eigenvalue weighted by Gasteiger charge is -2.28. The molecule has 0 saturated carbocycles. The standard InChI is InChI=1S/C9H21NO/c1-6-9(10(4)5)8(3)11-7-2/h8-9H,6-7H2,1-5H3/t8-,9?/m1/s1. The maximum atomic E-state index is 5.51. The molecule has 0 amide bonds. The molecule has 0 aromatic carbocycles. The summed E-state index contributed by atoms with van der Waals surface area (Å²) in [7, 11) is 4.20. The Morgan fingerprint density at radius 1 is 1.27 bits per heavy atom. The first kappa shape index (κ1) is 10.9. The second-order valence-corrected chi connectivity index (χ2v) is 3.10. The zero-order chi connectivity index (χ0) is 8.85. The summed E-state index contributed by atoms with van der Waals surface area (Å²) in [4.78, 5) is 2.22. The molecule has 1 unspecified atom stereocenters. The van der Waals surface area contributed by atoms with Gasteiger partial charge in [0, 0.05) is 12.6 Å². The summed E-state index contributed by atoms with van der Waals surface area (Å²) in [6.45, 7) is 7.18. The Kier molecular flexibility index (Phi) is 5.51. The van der Waals surface area contributed by atoms with Crippen molar-refractivity contribution in [3.05, 3.63) is 0 Å². The number of likely N-dealkylation sites (N-methyl/N-ethyl adjacent to an activating group) is 1. The Labute approximate surface area is 70.5 Å². The highest BCUT2D eigenvalue weighted by molar-refractivity contribution is 4.71. The number of nitrogens with zero attached hydrogens (tertiary/aromatic N) is 1. The van der Waals surface area contributed by atoms with Crippen LogP contribution in [-0.2, 0) is 4.74 Å². The average molecular weight is 159 g/mol. The third kappa shape index (κ3) is 3.73. The predicted octanol–water partition coefficient (Wildman–Crippen LogP) is 1.75. The van der Waals surface area contributed by atoms with Gasteiger partial charge >= 0.3 is 0 Å². The SMILES string of the molecule is CCO[C@H](C)C(CC)N(C)C. The maximum absolute atomic E-state index is 5.51. The van der Waals surface area contributed by atoms with Crippen LogP contribution in [0.25, 0.3) is 0 Å². The van der Waals surface area contributed by atoms with Gasteiger partial charge in [0.25, 0.3) is 0 Å². The molecule has 0 spiro atoms. The molecule has 0 saturated heterocycles. The molecule has 0 rings (SSSR count). The van der Waals surface area contributed by atoms with Crippen molar-refractivity contribution >= 4 is 0 Å². The van der Waals surface area contributed by atoms with Crippen LogP contribution in [0.15, 0.2) is 0 Å². The molecule has 0 aromatic heterocycles. The average Bonchev–Trinajstić information content (AvgIpc) is 1.88. The highest BCUT2D eigenvalue weighted by Gasteiger charge is 2.16. The number of hydrogen-bond donors (Lipinski definition) is 0. The summed E-state index contributed by atoms with van der Waals surface area (Å²) >= 11 is 0. The van der Waals surface area contributed by atoms with Crippen LogP contribution < -0.4 is 0 Å². The van der Waals surface area contributed by atoms with Gasteiger partial charge in [0.15, 0.2) is 0 Å². The molecule has 11 heavy (non-hydrogen) atoms. The summed E-state index contributed by atoms with van der Waals surface area (Å²) < 4.78 is 5.51. The molecule has 68 valence electrons. The van der Waals surface area contributed by atoms with Crippen LogP contribution >= 0.6 is 0 Å². The minimum atomic E-state index is 0.347. The molecule has 0 heterocycles. The van der Waals surface area contributed by atoms with E-state index in [-0.39, 0.29) is 0 Å². The van der Waals surface area contributed by atoms with E-state index in [2.05, 4.69) is 32.8 Å². The summed E-state index contributed by atoms with van der Waals surface area (Å²) in [6.07, 6.45) is 1.49. The van der Waals surface area contributed by atoms with E-state index in [1.165, 1.54) is 0 Å². The Hall–Kier alpha value is -0.0800. The van der Waals surface area contributed by atoms with Crippen LogP contribution in [0, 0.1) is 0 Å². The molecule has 0 aliphatic carbocycles. The number of ether oxygens (including phenoxy) is 1. The van der Waals surface area contributed by atoms with Crippen molar-refractivity contribution in [1.29, 1.82) is 0 Å². The quantitative estimate of drug-likeness (QED) is 0.606. The molecule has 2 heteroatoms. The Morgan fingerprint density at radius 2 is 1.82 bits per heavy atom. The van der Waals surface area contributed by atoms with Crippen molar-refractivity contribution in [3.63, 3.8) is 0 Å². The molecule has 0 bridgehead atoms. The van der Waals surface area contributed by atoms with E-state index in [0.717, 1.165) is 13.0 Å². The molecule has 0 aliphatic rings. The minimum absolute atomic E-state index is 0.347. The topological polar surface area (TPSA) is 12.5 Å². The predicted molar refractivity (Wildman–Crippen MR) is 48.9 cm³/mol. The lowest BCUT2D eigenvalue weighted by Crippen LogP contribution is -2.38. The Bertz CT molecular complexity index is 93.6. The van der Waals surface area contributed by atoms with Crippen LogP contribution in [0.3, 0.4) is 0 Å². The summed E-state index contributed by atoms with van der Waals surface area (Å²) in [5, 5.41) is 0. The van der Waals surface area contributed by atoms with Gasteiger partial charge in [0.2, 0.25) is 0 Å². The molecule has 0 fully saturated rings. The van der Waals surface area contributed by atoms with Crippen LogP contribution in [0.1, 0.15) is 27.2 Å². The molecular weight excluding hydrogens is 138 g/mol. The summed E-state index contributed by atoms with van der Waals surface area (Å²) in [5.41, 5.74) is 0. The second-order valence-electron chi connectivity index (χ2n) is 3.10. The van der Waals surface area contributed by atoms with Gasteiger partial charge in [-0.1, -0.05) is 6.92 Å². The van der Waals surface area contributed by atoms with Gasteiger partial charge in [-0.25, -0.2) is 0 Å². The molecule has 0 N–H and O–H groups in total. The third-order valence-corrected chi connectivity index (χ3v) is 2.05. The van der Waals surface area contributed by atoms with Crippen LogP contribution in [0.5, 0.6) is 0 Å². The highest BCUT2D eigenvalue weighted by Crippen LogP contribution is 2.07.